The average molecular weight is 339 g/mol. The van der Waals surface area contributed by atoms with Gasteiger partial charge in [-0.3, -0.25) is 14.6 Å². The molecule has 1 aliphatic heterocycles. The normalized spacial score (nSPS) is 16.8. The molecule has 1 aliphatic rings. The molecule has 0 bridgehead atoms. The Morgan fingerprint density at radius 3 is 2.92 bits per heavy atom. The van der Waals surface area contributed by atoms with E-state index in [0.29, 0.717) is 24.5 Å². The van der Waals surface area contributed by atoms with Crippen LogP contribution in [0.4, 0.5) is 5.69 Å². The van der Waals surface area contributed by atoms with E-state index >= 15 is 0 Å². The first-order valence-corrected chi connectivity index (χ1v) is 8.21. The summed E-state index contributed by atoms with van der Waals surface area (Å²) in [6.07, 6.45) is 1.89. The standard InChI is InChI=1S/C19H21N3O3/c1-13-6-7-17(25-2)16(9-13)22-12-14(10-18(22)23)19(24)21-11-15-5-3-4-8-20-15/h3-9,14H,10-12H2,1-2H3,(H,21,24). The van der Waals surface area contributed by atoms with Crippen molar-refractivity contribution in [3.63, 3.8) is 0 Å². The highest BCUT2D eigenvalue weighted by atomic mass is 16.5. The van der Waals surface area contributed by atoms with E-state index in [1.54, 1.807) is 18.2 Å². The number of carbonyl (C=O) groups excluding carboxylic acids is 2. The van der Waals surface area contributed by atoms with Crippen molar-refractivity contribution in [2.45, 2.75) is 19.9 Å². The third-order valence-electron chi connectivity index (χ3n) is 4.29. The first-order valence-electron chi connectivity index (χ1n) is 8.21. The minimum atomic E-state index is -0.374. The van der Waals surface area contributed by atoms with Gasteiger partial charge in [0, 0.05) is 19.2 Å². The first kappa shape index (κ1) is 17.0. The maximum absolute atomic E-state index is 12.4. The lowest BCUT2D eigenvalue weighted by atomic mass is 10.1. The van der Waals surface area contributed by atoms with Crippen molar-refractivity contribution in [3.8, 4) is 5.75 Å². The van der Waals surface area contributed by atoms with Crippen molar-refractivity contribution >= 4 is 17.5 Å². The molecule has 0 saturated carbocycles. The Labute approximate surface area is 146 Å². The number of benzene rings is 1. The van der Waals surface area contributed by atoms with Crippen molar-refractivity contribution in [3.05, 3.63) is 53.9 Å². The van der Waals surface area contributed by atoms with Crippen molar-refractivity contribution in [1.29, 1.82) is 0 Å². The molecule has 3 rings (SSSR count). The van der Waals surface area contributed by atoms with Crippen LogP contribution in [0.3, 0.4) is 0 Å². The van der Waals surface area contributed by atoms with E-state index < -0.39 is 0 Å². The van der Waals surface area contributed by atoms with Crippen LogP contribution in [0.2, 0.25) is 0 Å². The number of ether oxygens (including phenoxy) is 1. The fourth-order valence-corrected chi connectivity index (χ4v) is 2.95. The number of amides is 2. The number of hydrogen-bond acceptors (Lipinski definition) is 4. The zero-order chi connectivity index (χ0) is 17.8. The van der Waals surface area contributed by atoms with Gasteiger partial charge in [0.15, 0.2) is 0 Å². The van der Waals surface area contributed by atoms with E-state index in [0.717, 1.165) is 11.3 Å². The molecule has 1 aromatic carbocycles. The van der Waals surface area contributed by atoms with Crippen LogP contribution in [0, 0.1) is 12.8 Å². The van der Waals surface area contributed by atoms with Gasteiger partial charge in [-0.15, -0.1) is 0 Å². The molecule has 2 heterocycles. The Morgan fingerprint density at radius 1 is 1.36 bits per heavy atom. The van der Waals surface area contributed by atoms with Crippen molar-refractivity contribution < 1.29 is 14.3 Å². The zero-order valence-corrected chi connectivity index (χ0v) is 14.4. The number of nitrogens with zero attached hydrogens (tertiary/aromatic N) is 2. The van der Waals surface area contributed by atoms with E-state index in [1.807, 2.05) is 43.3 Å². The second kappa shape index (κ2) is 7.34. The molecule has 1 saturated heterocycles. The van der Waals surface area contributed by atoms with Crippen LogP contribution in [0.5, 0.6) is 5.75 Å². The summed E-state index contributed by atoms with van der Waals surface area (Å²) >= 11 is 0. The summed E-state index contributed by atoms with van der Waals surface area (Å²) in [7, 11) is 1.58. The molecule has 1 fully saturated rings. The highest BCUT2D eigenvalue weighted by Crippen LogP contribution is 2.33. The van der Waals surface area contributed by atoms with Crippen molar-refractivity contribution in [1.82, 2.24) is 10.3 Å². The van der Waals surface area contributed by atoms with Gasteiger partial charge in [0.25, 0.3) is 0 Å². The Bertz CT molecular complexity index is 777. The zero-order valence-electron chi connectivity index (χ0n) is 14.4. The molecule has 130 valence electrons. The fourth-order valence-electron chi connectivity index (χ4n) is 2.95. The first-order chi connectivity index (χ1) is 12.1. The number of rotatable bonds is 5. The SMILES string of the molecule is COc1ccc(C)cc1N1CC(C(=O)NCc2ccccn2)CC1=O. The summed E-state index contributed by atoms with van der Waals surface area (Å²) < 4.78 is 5.36. The lowest BCUT2D eigenvalue weighted by Gasteiger charge is -2.20. The molecule has 1 unspecified atom stereocenters. The van der Waals surface area contributed by atoms with Gasteiger partial charge in [0.05, 0.1) is 31.0 Å². The summed E-state index contributed by atoms with van der Waals surface area (Å²) in [5, 5.41) is 2.86. The van der Waals surface area contributed by atoms with Crippen LogP contribution in [-0.2, 0) is 16.1 Å². The van der Waals surface area contributed by atoms with Crippen LogP contribution in [0.25, 0.3) is 0 Å². The number of hydrogen-bond donors (Lipinski definition) is 1. The van der Waals surface area contributed by atoms with E-state index in [4.69, 9.17) is 4.74 Å². The number of aryl methyl sites for hydroxylation is 1. The summed E-state index contributed by atoms with van der Waals surface area (Å²) in [4.78, 5) is 30.6. The Hall–Kier alpha value is -2.89. The quantitative estimate of drug-likeness (QED) is 0.905. The van der Waals surface area contributed by atoms with E-state index in [9.17, 15) is 9.59 Å². The second-order valence-electron chi connectivity index (χ2n) is 6.12. The molecular formula is C19H21N3O3. The largest absolute Gasteiger partial charge is 0.495 e. The average Bonchev–Trinajstić information content (AvgIpc) is 3.02. The summed E-state index contributed by atoms with van der Waals surface area (Å²) in [6, 6.07) is 11.2. The summed E-state index contributed by atoms with van der Waals surface area (Å²) in [6.45, 7) is 2.67. The molecule has 2 aromatic rings. The smallest absolute Gasteiger partial charge is 0.227 e. The van der Waals surface area contributed by atoms with Crippen LogP contribution in [0.1, 0.15) is 17.7 Å². The van der Waals surface area contributed by atoms with E-state index in [-0.39, 0.29) is 24.2 Å². The molecule has 1 atom stereocenters. The van der Waals surface area contributed by atoms with Gasteiger partial charge in [-0.25, -0.2) is 0 Å². The fraction of sp³-hybridized carbons (Fsp3) is 0.316. The minimum absolute atomic E-state index is 0.0677. The number of methoxy groups -OCH3 is 1. The lowest BCUT2D eigenvalue weighted by molar-refractivity contribution is -0.126. The molecular weight excluding hydrogens is 318 g/mol. The van der Waals surface area contributed by atoms with Crippen molar-refractivity contribution in [2.75, 3.05) is 18.6 Å². The Morgan fingerprint density at radius 2 is 2.20 bits per heavy atom. The van der Waals surface area contributed by atoms with E-state index in [2.05, 4.69) is 10.3 Å². The van der Waals surface area contributed by atoms with Gasteiger partial charge in [0.1, 0.15) is 5.75 Å². The molecule has 6 nitrogen and oxygen atoms in total. The molecule has 1 aromatic heterocycles. The molecule has 25 heavy (non-hydrogen) atoms. The topological polar surface area (TPSA) is 71.5 Å². The van der Waals surface area contributed by atoms with Crippen LogP contribution in [-0.4, -0.2) is 30.5 Å². The molecule has 0 radical (unpaired) electrons. The van der Waals surface area contributed by atoms with Gasteiger partial charge >= 0.3 is 0 Å². The van der Waals surface area contributed by atoms with Gasteiger partial charge in [-0.2, -0.15) is 0 Å². The molecule has 1 N–H and O–H groups in total. The molecule has 6 heteroatoms. The second-order valence-corrected chi connectivity index (χ2v) is 6.12. The predicted molar refractivity (Wildman–Crippen MR) is 94.3 cm³/mol. The van der Waals surface area contributed by atoms with Crippen molar-refractivity contribution in [2.24, 2.45) is 5.92 Å². The summed E-state index contributed by atoms with van der Waals surface area (Å²) in [5.41, 5.74) is 2.54. The summed E-state index contributed by atoms with van der Waals surface area (Å²) in [5.74, 6) is 0.0601. The third-order valence-corrected chi connectivity index (χ3v) is 4.29. The van der Waals surface area contributed by atoms with Gasteiger partial charge in [0.2, 0.25) is 11.8 Å². The van der Waals surface area contributed by atoms with Crippen LogP contribution >= 0.6 is 0 Å². The molecule has 0 spiro atoms. The van der Waals surface area contributed by atoms with E-state index in [1.165, 1.54) is 0 Å². The van der Waals surface area contributed by atoms with Gasteiger partial charge in [-0.05, 0) is 36.8 Å². The predicted octanol–water partition coefficient (Wildman–Crippen LogP) is 2.07. The number of pyridine rings is 1. The Balaban J connectivity index is 1.68. The van der Waals surface area contributed by atoms with Crippen LogP contribution in [0.15, 0.2) is 42.6 Å². The molecule has 2 amide bonds. The maximum atomic E-state index is 12.4. The monoisotopic (exact) mass is 339 g/mol. The third kappa shape index (κ3) is 3.79. The highest BCUT2D eigenvalue weighted by Gasteiger charge is 2.36. The molecule has 0 aliphatic carbocycles. The highest BCUT2D eigenvalue weighted by molar-refractivity contribution is 6.01. The maximum Gasteiger partial charge on any atom is 0.227 e. The number of nitrogens with one attached hydrogen (secondary N) is 1. The number of aromatic nitrogens is 1. The lowest BCUT2D eigenvalue weighted by Crippen LogP contribution is -2.32. The number of carbonyl (C=O) groups is 2. The number of anilines is 1. The van der Waals surface area contributed by atoms with Gasteiger partial charge < -0.3 is 15.0 Å². The van der Waals surface area contributed by atoms with Crippen LogP contribution < -0.4 is 15.0 Å². The van der Waals surface area contributed by atoms with Gasteiger partial charge in [-0.1, -0.05) is 12.1 Å². The Kier molecular flexibility index (Phi) is 4.97. The minimum Gasteiger partial charge on any atom is -0.495 e.